The second-order valence-electron chi connectivity index (χ2n) is 5.43. The Morgan fingerprint density at radius 2 is 2.08 bits per heavy atom. The van der Waals surface area contributed by atoms with Gasteiger partial charge in [0, 0.05) is 15.4 Å². The van der Waals surface area contributed by atoms with Gasteiger partial charge in [-0.05, 0) is 36.8 Å². The Bertz CT molecular complexity index is 1070. The summed E-state index contributed by atoms with van der Waals surface area (Å²) in [5.74, 6) is 0.344. The van der Waals surface area contributed by atoms with E-state index in [0.717, 1.165) is 26.5 Å². The maximum absolute atomic E-state index is 4.43. The third kappa shape index (κ3) is 2.85. The van der Waals surface area contributed by atoms with Gasteiger partial charge in [-0.3, -0.25) is 0 Å². The van der Waals surface area contributed by atoms with Crippen LogP contribution in [0.3, 0.4) is 0 Å². The van der Waals surface area contributed by atoms with Gasteiger partial charge in [0.05, 0.1) is 6.21 Å². The molecule has 2 aromatic heterocycles. The van der Waals surface area contributed by atoms with Crippen LogP contribution in [-0.4, -0.2) is 26.4 Å². The summed E-state index contributed by atoms with van der Waals surface area (Å²) in [5.41, 5.74) is 7.39. The van der Waals surface area contributed by atoms with E-state index in [1.165, 1.54) is 5.56 Å². The minimum absolute atomic E-state index is 0.344. The minimum atomic E-state index is 0.344. The topological polar surface area (TPSA) is 78.9 Å². The molecule has 0 saturated carbocycles. The quantitative estimate of drug-likeness (QED) is 0.415. The Balaban J connectivity index is 1.62. The normalized spacial score (nSPS) is 11.6. The highest BCUT2D eigenvalue weighted by Gasteiger charge is 2.08. The number of benzene rings is 2. The van der Waals surface area contributed by atoms with Crippen molar-refractivity contribution in [3.63, 3.8) is 0 Å². The number of rotatable bonds is 3. The number of nitrogens with zero attached hydrogens (tertiary/aromatic N) is 4. The number of hydrogen-bond donors (Lipinski definition) is 2. The van der Waals surface area contributed by atoms with Crippen molar-refractivity contribution in [2.24, 2.45) is 5.10 Å². The van der Waals surface area contributed by atoms with E-state index in [1.807, 2.05) is 43.3 Å². The first-order chi connectivity index (χ1) is 11.7. The Kier molecular flexibility index (Phi) is 3.70. The molecule has 2 heterocycles. The van der Waals surface area contributed by atoms with E-state index in [9.17, 15) is 0 Å². The average Bonchev–Trinajstić information content (AvgIpc) is 2.92. The number of aromatic amines is 1. The number of anilines is 1. The van der Waals surface area contributed by atoms with Crippen molar-refractivity contribution in [3.8, 4) is 0 Å². The average molecular weight is 381 g/mol. The van der Waals surface area contributed by atoms with E-state index in [4.69, 9.17) is 0 Å². The Labute approximate surface area is 146 Å². The van der Waals surface area contributed by atoms with Crippen molar-refractivity contribution >= 4 is 50.2 Å². The van der Waals surface area contributed by atoms with Gasteiger partial charge >= 0.3 is 0 Å². The zero-order valence-corrected chi connectivity index (χ0v) is 14.4. The molecule has 0 fully saturated rings. The van der Waals surface area contributed by atoms with Gasteiger partial charge in [-0.25, -0.2) is 5.43 Å². The van der Waals surface area contributed by atoms with E-state index in [-0.39, 0.29) is 0 Å². The third-order valence-electron chi connectivity index (χ3n) is 3.60. The van der Waals surface area contributed by atoms with Crippen LogP contribution in [-0.2, 0) is 0 Å². The molecule has 24 heavy (non-hydrogen) atoms. The van der Waals surface area contributed by atoms with Crippen molar-refractivity contribution in [2.45, 2.75) is 6.92 Å². The molecule has 118 valence electrons. The van der Waals surface area contributed by atoms with Gasteiger partial charge in [-0.15, -0.1) is 10.2 Å². The lowest BCUT2D eigenvalue weighted by atomic mass is 10.2. The monoisotopic (exact) mass is 380 g/mol. The second kappa shape index (κ2) is 6.01. The summed E-state index contributed by atoms with van der Waals surface area (Å²) in [5, 5.41) is 13.5. The van der Waals surface area contributed by atoms with E-state index in [1.54, 1.807) is 6.21 Å². The van der Waals surface area contributed by atoms with Crippen LogP contribution in [0.15, 0.2) is 52.0 Å². The summed E-state index contributed by atoms with van der Waals surface area (Å²) in [6.07, 6.45) is 1.70. The number of hydrazone groups is 1. The first-order valence-electron chi connectivity index (χ1n) is 7.36. The van der Waals surface area contributed by atoms with Crippen molar-refractivity contribution < 1.29 is 0 Å². The molecule has 0 unspecified atom stereocenters. The lowest BCUT2D eigenvalue weighted by molar-refractivity contribution is 1.01. The molecule has 0 aliphatic rings. The van der Waals surface area contributed by atoms with Crippen LogP contribution in [0.5, 0.6) is 0 Å². The number of halogens is 1. The fourth-order valence-electron chi connectivity index (χ4n) is 2.48. The molecule has 0 bridgehead atoms. The molecule has 4 rings (SSSR count). The maximum atomic E-state index is 4.43. The van der Waals surface area contributed by atoms with E-state index < -0.39 is 0 Å². The smallest absolute Gasteiger partial charge is 0.265 e. The highest BCUT2D eigenvalue weighted by atomic mass is 79.9. The minimum Gasteiger partial charge on any atom is -0.338 e. The fraction of sp³-hybridized carbons (Fsp3) is 0.0588. The molecule has 0 amide bonds. The zero-order chi connectivity index (χ0) is 16.5. The lowest BCUT2D eigenvalue weighted by Crippen LogP contribution is -1.99. The summed E-state index contributed by atoms with van der Waals surface area (Å²) in [6, 6.07) is 14.0. The predicted octanol–water partition coefficient (Wildman–Crippen LogP) is 4.02. The second-order valence-corrected chi connectivity index (χ2v) is 6.35. The van der Waals surface area contributed by atoms with Gasteiger partial charge in [0.1, 0.15) is 5.52 Å². The Morgan fingerprint density at radius 3 is 2.96 bits per heavy atom. The summed E-state index contributed by atoms with van der Waals surface area (Å²) in [6.45, 7) is 2.05. The molecule has 0 saturated heterocycles. The van der Waals surface area contributed by atoms with Gasteiger partial charge in [0.2, 0.25) is 0 Å². The molecule has 6 nitrogen and oxygen atoms in total. The molecule has 0 aliphatic heterocycles. The standard InChI is InChI=1S/C17H13BrN6/c1-10-5-6-14-13(7-10)15-16(20-14)21-17(24-22-15)23-19-9-11-3-2-4-12(18)8-11/h2-9H,1H3,(H2,20,21,23,24)/b19-9+. The molecule has 0 atom stereocenters. The van der Waals surface area contributed by atoms with Gasteiger partial charge < -0.3 is 4.98 Å². The summed E-state index contributed by atoms with van der Waals surface area (Å²) in [4.78, 5) is 7.68. The van der Waals surface area contributed by atoms with Crippen molar-refractivity contribution in [3.05, 3.63) is 58.1 Å². The number of nitrogens with one attached hydrogen (secondary N) is 2. The number of hydrogen-bond acceptors (Lipinski definition) is 5. The SMILES string of the molecule is Cc1ccc2[nH]c3nc(N/N=C/c4cccc(Br)c4)nnc3c2c1. The molecular formula is C17H13BrN6. The maximum Gasteiger partial charge on any atom is 0.265 e. The van der Waals surface area contributed by atoms with Crippen LogP contribution in [0.25, 0.3) is 22.1 Å². The molecule has 0 spiro atoms. The van der Waals surface area contributed by atoms with Crippen molar-refractivity contribution in [2.75, 3.05) is 5.43 Å². The van der Waals surface area contributed by atoms with Crippen LogP contribution in [0.4, 0.5) is 5.95 Å². The van der Waals surface area contributed by atoms with Gasteiger partial charge in [-0.2, -0.15) is 10.1 Å². The molecule has 0 aliphatic carbocycles. The summed E-state index contributed by atoms with van der Waals surface area (Å²) >= 11 is 3.43. The summed E-state index contributed by atoms with van der Waals surface area (Å²) in [7, 11) is 0. The number of H-pyrrole nitrogens is 1. The highest BCUT2D eigenvalue weighted by molar-refractivity contribution is 9.10. The molecular weight excluding hydrogens is 368 g/mol. The highest BCUT2D eigenvalue weighted by Crippen LogP contribution is 2.23. The van der Waals surface area contributed by atoms with Crippen LogP contribution in [0.1, 0.15) is 11.1 Å². The molecule has 2 aromatic carbocycles. The van der Waals surface area contributed by atoms with E-state index in [0.29, 0.717) is 11.6 Å². The van der Waals surface area contributed by atoms with E-state index in [2.05, 4.69) is 52.7 Å². The molecule has 0 radical (unpaired) electrons. The van der Waals surface area contributed by atoms with Gasteiger partial charge in [0.15, 0.2) is 5.65 Å². The number of aromatic nitrogens is 4. The van der Waals surface area contributed by atoms with Gasteiger partial charge in [-0.1, -0.05) is 39.7 Å². The fourth-order valence-corrected chi connectivity index (χ4v) is 2.90. The first-order valence-corrected chi connectivity index (χ1v) is 8.16. The Morgan fingerprint density at radius 1 is 1.17 bits per heavy atom. The molecule has 4 aromatic rings. The third-order valence-corrected chi connectivity index (χ3v) is 4.09. The molecule has 2 N–H and O–H groups in total. The van der Waals surface area contributed by atoms with Gasteiger partial charge in [0.25, 0.3) is 5.95 Å². The zero-order valence-electron chi connectivity index (χ0n) is 12.8. The largest absolute Gasteiger partial charge is 0.338 e. The van der Waals surface area contributed by atoms with Crippen LogP contribution in [0.2, 0.25) is 0 Å². The summed E-state index contributed by atoms with van der Waals surface area (Å²) < 4.78 is 0.999. The van der Waals surface area contributed by atoms with Crippen molar-refractivity contribution in [1.82, 2.24) is 20.2 Å². The van der Waals surface area contributed by atoms with Crippen LogP contribution < -0.4 is 5.43 Å². The number of fused-ring (bicyclic) bond motifs is 3. The number of aryl methyl sites for hydroxylation is 1. The Hall–Kier alpha value is -2.80. The molecule has 7 heteroatoms. The lowest BCUT2D eigenvalue weighted by Gasteiger charge is -1.98. The van der Waals surface area contributed by atoms with Crippen LogP contribution >= 0.6 is 15.9 Å². The van der Waals surface area contributed by atoms with Crippen LogP contribution in [0, 0.1) is 6.92 Å². The first kappa shape index (κ1) is 14.8. The predicted molar refractivity (Wildman–Crippen MR) is 99.3 cm³/mol. The van der Waals surface area contributed by atoms with E-state index >= 15 is 0 Å². The van der Waals surface area contributed by atoms with Crippen molar-refractivity contribution in [1.29, 1.82) is 0 Å².